The van der Waals surface area contributed by atoms with Gasteiger partial charge in [-0.05, 0) is 77.4 Å². The molecule has 0 bridgehead atoms. The first-order valence-corrected chi connectivity index (χ1v) is 17.7. The van der Waals surface area contributed by atoms with Crippen LogP contribution in [-0.2, 0) is 18.5 Å². The first kappa shape index (κ1) is 24.8. The van der Waals surface area contributed by atoms with Gasteiger partial charge in [0.1, 0.15) is 12.4 Å². The van der Waals surface area contributed by atoms with E-state index in [4.69, 9.17) is 9.84 Å². The standard InChI is InChI=1S/C28H32IN5O2Si/c1-32-27-24(25(31-32)18-5-6-18)26(19-7-9-20(29)10-8-19)34(28(27)35)21-11-12-23-22(15-21)30-16-33(23)17-36-13-14-37(2,3)4/h7-12,15-16,18,26H,5-6,13-14,17H2,1-4H3. The number of anilines is 1. The number of benzene rings is 2. The van der Waals surface area contributed by atoms with Gasteiger partial charge in [0.2, 0.25) is 0 Å². The maximum Gasteiger partial charge on any atom is 0.277 e. The molecule has 1 saturated carbocycles. The molecule has 4 aromatic rings. The van der Waals surface area contributed by atoms with E-state index in [0.29, 0.717) is 18.3 Å². The summed E-state index contributed by atoms with van der Waals surface area (Å²) in [5, 5.41) is 4.81. The molecule has 6 rings (SSSR count). The van der Waals surface area contributed by atoms with Crippen LogP contribution in [0.1, 0.15) is 52.1 Å². The molecular weight excluding hydrogens is 593 g/mol. The smallest absolute Gasteiger partial charge is 0.277 e. The maximum atomic E-state index is 13.9. The summed E-state index contributed by atoms with van der Waals surface area (Å²) in [4.78, 5) is 20.5. The van der Waals surface area contributed by atoms with Crippen molar-refractivity contribution in [1.29, 1.82) is 0 Å². The van der Waals surface area contributed by atoms with Crippen LogP contribution in [0.2, 0.25) is 25.7 Å². The summed E-state index contributed by atoms with van der Waals surface area (Å²) >= 11 is 2.32. The minimum absolute atomic E-state index is 0.00564. The van der Waals surface area contributed by atoms with Crippen molar-refractivity contribution < 1.29 is 9.53 Å². The summed E-state index contributed by atoms with van der Waals surface area (Å²) in [5.41, 5.74) is 6.67. The second-order valence-electron chi connectivity index (χ2n) is 11.4. The van der Waals surface area contributed by atoms with Crippen molar-refractivity contribution in [2.75, 3.05) is 11.5 Å². The van der Waals surface area contributed by atoms with Gasteiger partial charge in [-0.2, -0.15) is 5.10 Å². The van der Waals surface area contributed by atoms with Crippen molar-refractivity contribution in [2.45, 2.75) is 57.2 Å². The molecule has 3 heterocycles. The fraction of sp³-hybridized carbons (Fsp3) is 0.393. The second kappa shape index (κ2) is 9.35. The van der Waals surface area contributed by atoms with Crippen LogP contribution in [0.3, 0.4) is 0 Å². The van der Waals surface area contributed by atoms with Gasteiger partial charge in [-0.3, -0.25) is 14.4 Å². The molecule has 2 aromatic heterocycles. The predicted octanol–water partition coefficient (Wildman–Crippen LogP) is 6.31. The normalized spacial score (nSPS) is 17.7. The third-order valence-corrected chi connectivity index (χ3v) is 9.75. The molecule has 192 valence electrons. The molecular formula is C28H32IN5O2Si. The Labute approximate surface area is 232 Å². The zero-order chi connectivity index (χ0) is 25.9. The highest BCUT2D eigenvalue weighted by molar-refractivity contribution is 14.1. The first-order valence-electron chi connectivity index (χ1n) is 12.9. The highest BCUT2D eigenvalue weighted by Gasteiger charge is 2.46. The van der Waals surface area contributed by atoms with Crippen LogP contribution in [-0.4, -0.2) is 39.9 Å². The van der Waals surface area contributed by atoms with Gasteiger partial charge < -0.3 is 9.30 Å². The van der Waals surface area contributed by atoms with Crippen LogP contribution in [0.25, 0.3) is 11.0 Å². The summed E-state index contributed by atoms with van der Waals surface area (Å²) in [5.74, 6) is 0.446. The Morgan fingerprint density at radius 3 is 2.57 bits per heavy atom. The molecule has 2 aliphatic rings. The lowest BCUT2D eigenvalue weighted by molar-refractivity contribution is 0.0898. The lowest BCUT2D eigenvalue weighted by atomic mass is 9.97. The van der Waals surface area contributed by atoms with Crippen molar-refractivity contribution in [3.05, 3.63) is 74.9 Å². The van der Waals surface area contributed by atoms with Crippen LogP contribution < -0.4 is 4.90 Å². The minimum atomic E-state index is -1.13. The number of hydrogen-bond donors (Lipinski definition) is 0. The molecule has 0 spiro atoms. The number of nitrogens with zero attached hydrogens (tertiary/aromatic N) is 5. The molecule has 1 aliphatic carbocycles. The molecule has 0 saturated heterocycles. The topological polar surface area (TPSA) is 65.2 Å². The minimum Gasteiger partial charge on any atom is -0.361 e. The van der Waals surface area contributed by atoms with E-state index in [1.54, 1.807) is 4.68 Å². The highest BCUT2D eigenvalue weighted by Crippen LogP contribution is 2.50. The number of ether oxygens (including phenoxy) is 1. The third kappa shape index (κ3) is 4.65. The predicted molar refractivity (Wildman–Crippen MR) is 157 cm³/mol. The number of carbonyl (C=O) groups excluding carboxylic acids is 1. The summed E-state index contributed by atoms with van der Waals surface area (Å²) in [6.45, 7) is 8.32. The SMILES string of the molecule is Cn1nc(C2CC2)c2c1C(=O)N(c1ccc3c(c1)ncn3COCC[Si](C)(C)C)C2c1ccc(I)cc1. The summed E-state index contributed by atoms with van der Waals surface area (Å²) < 4.78 is 11.0. The number of fused-ring (bicyclic) bond motifs is 2. The third-order valence-electron chi connectivity index (χ3n) is 7.32. The highest BCUT2D eigenvalue weighted by atomic mass is 127. The second-order valence-corrected chi connectivity index (χ2v) is 18.3. The number of aromatic nitrogens is 4. The van der Waals surface area contributed by atoms with Crippen LogP contribution in [0.4, 0.5) is 5.69 Å². The maximum absolute atomic E-state index is 13.9. The zero-order valence-corrected chi connectivity index (χ0v) is 24.9. The molecule has 1 atom stereocenters. The van der Waals surface area contributed by atoms with Gasteiger partial charge in [-0.15, -0.1) is 0 Å². The van der Waals surface area contributed by atoms with Crippen LogP contribution in [0, 0.1) is 3.57 Å². The molecule has 0 radical (unpaired) electrons. The molecule has 37 heavy (non-hydrogen) atoms. The van der Waals surface area contributed by atoms with Gasteiger partial charge in [-0.25, -0.2) is 4.98 Å². The van der Waals surface area contributed by atoms with Crippen LogP contribution in [0.5, 0.6) is 0 Å². The van der Waals surface area contributed by atoms with E-state index in [2.05, 4.69) is 77.5 Å². The largest absolute Gasteiger partial charge is 0.361 e. The Balaban J connectivity index is 1.35. The number of rotatable bonds is 8. The van der Waals surface area contributed by atoms with E-state index in [1.165, 1.54) is 3.57 Å². The van der Waals surface area contributed by atoms with Crippen molar-refractivity contribution in [2.24, 2.45) is 7.05 Å². The van der Waals surface area contributed by atoms with E-state index in [1.807, 2.05) is 35.0 Å². The van der Waals surface area contributed by atoms with Crippen molar-refractivity contribution in [3.63, 3.8) is 0 Å². The zero-order valence-electron chi connectivity index (χ0n) is 21.7. The Kier molecular flexibility index (Phi) is 6.27. The van der Waals surface area contributed by atoms with Crippen molar-refractivity contribution in [1.82, 2.24) is 19.3 Å². The molecule has 1 amide bonds. The van der Waals surface area contributed by atoms with Gasteiger partial charge in [0.25, 0.3) is 5.91 Å². The summed E-state index contributed by atoms with van der Waals surface area (Å²) in [6.07, 6.45) is 4.11. The van der Waals surface area contributed by atoms with Gasteiger partial charge in [0.15, 0.2) is 0 Å². The molecule has 2 aromatic carbocycles. The number of halogens is 1. The molecule has 7 nitrogen and oxygen atoms in total. The fourth-order valence-corrected chi connectivity index (χ4v) is 6.29. The van der Waals surface area contributed by atoms with Crippen LogP contribution >= 0.6 is 22.6 Å². The average molecular weight is 626 g/mol. The summed E-state index contributed by atoms with van der Waals surface area (Å²) in [6, 6.07) is 15.5. The number of imidazole rings is 1. The molecule has 1 fully saturated rings. The van der Waals surface area contributed by atoms with E-state index in [0.717, 1.165) is 59.0 Å². The lowest BCUT2D eigenvalue weighted by Crippen LogP contribution is -2.30. The molecule has 9 heteroatoms. The molecule has 0 N–H and O–H groups in total. The van der Waals surface area contributed by atoms with E-state index in [-0.39, 0.29) is 11.9 Å². The lowest BCUT2D eigenvalue weighted by Gasteiger charge is -2.27. The Morgan fingerprint density at radius 1 is 1.11 bits per heavy atom. The number of hydrogen-bond acceptors (Lipinski definition) is 4. The van der Waals surface area contributed by atoms with Gasteiger partial charge in [0, 0.05) is 42.5 Å². The molecule has 1 aliphatic heterocycles. The van der Waals surface area contributed by atoms with Gasteiger partial charge in [0.05, 0.1) is 29.1 Å². The van der Waals surface area contributed by atoms with Gasteiger partial charge >= 0.3 is 0 Å². The average Bonchev–Trinajstić information content (AvgIpc) is 3.43. The number of amides is 1. The number of carbonyl (C=O) groups is 1. The van der Waals surface area contributed by atoms with E-state index < -0.39 is 8.07 Å². The Bertz CT molecular complexity index is 1480. The first-order chi connectivity index (χ1) is 17.7. The van der Waals surface area contributed by atoms with Crippen molar-refractivity contribution >= 4 is 53.3 Å². The molecule has 1 unspecified atom stereocenters. The van der Waals surface area contributed by atoms with Gasteiger partial charge in [-0.1, -0.05) is 31.8 Å². The fourth-order valence-electron chi connectivity index (χ4n) is 5.18. The van der Waals surface area contributed by atoms with E-state index >= 15 is 0 Å². The monoisotopic (exact) mass is 625 g/mol. The quantitative estimate of drug-likeness (QED) is 0.131. The van der Waals surface area contributed by atoms with E-state index in [9.17, 15) is 4.79 Å². The van der Waals surface area contributed by atoms with Crippen LogP contribution in [0.15, 0.2) is 48.8 Å². The summed E-state index contributed by atoms with van der Waals surface area (Å²) in [7, 11) is 0.766. The Hall–Kier alpha value is -2.50. The Morgan fingerprint density at radius 2 is 1.86 bits per heavy atom. The van der Waals surface area contributed by atoms with Crippen molar-refractivity contribution in [3.8, 4) is 0 Å². The number of aryl methyl sites for hydroxylation is 1.